The van der Waals surface area contributed by atoms with Gasteiger partial charge in [-0.25, -0.2) is 0 Å². The van der Waals surface area contributed by atoms with Gasteiger partial charge in [0.15, 0.2) is 0 Å². The Morgan fingerprint density at radius 1 is 0.758 bits per heavy atom. The van der Waals surface area contributed by atoms with Crippen molar-refractivity contribution in [2.75, 3.05) is 5.01 Å². The Morgan fingerprint density at radius 3 is 1.79 bits per heavy atom. The molecular formula is C24H16F6N2O. The Kier molecular flexibility index (Phi) is 5.73. The lowest BCUT2D eigenvalue weighted by atomic mass is 9.89. The average Bonchev–Trinajstić information content (AvgIpc) is 3.10. The lowest BCUT2D eigenvalue weighted by Crippen LogP contribution is -2.29. The predicted molar refractivity (Wildman–Crippen MR) is 111 cm³/mol. The molecule has 0 bridgehead atoms. The summed E-state index contributed by atoms with van der Waals surface area (Å²) in [4.78, 5) is 13.2. The van der Waals surface area contributed by atoms with Crippen molar-refractivity contribution >= 4 is 17.3 Å². The Hall–Kier alpha value is -3.62. The first-order chi connectivity index (χ1) is 15.5. The van der Waals surface area contributed by atoms with Gasteiger partial charge in [0.25, 0.3) is 5.91 Å². The Bertz CT molecular complexity index is 1150. The maximum absolute atomic E-state index is 13.3. The number of nitrogens with zero attached hydrogens (tertiary/aromatic N) is 2. The van der Waals surface area contributed by atoms with E-state index in [0.717, 1.165) is 5.01 Å². The summed E-state index contributed by atoms with van der Waals surface area (Å²) in [7, 11) is 0. The molecule has 0 saturated heterocycles. The second-order valence-electron chi connectivity index (χ2n) is 7.51. The molecule has 0 aliphatic carbocycles. The number of alkyl halides is 6. The minimum Gasteiger partial charge on any atom is -0.272 e. The van der Waals surface area contributed by atoms with Crippen molar-refractivity contribution in [2.45, 2.75) is 18.8 Å². The second kappa shape index (κ2) is 8.38. The van der Waals surface area contributed by atoms with Crippen LogP contribution in [0.15, 0.2) is 84.0 Å². The number of hydrazone groups is 1. The van der Waals surface area contributed by atoms with Gasteiger partial charge in [-0.05, 0) is 47.9 Å². The van der Waals surface area contributed by atoms with E-state index in [0.29, 0.717) is 23.4 Å². The van der Waals surface area contributed by atoms with E-state index >= 15 is 0 Å². The van der Waals surface area contributed by atoms with Gasteiger partial charge in [0, 0.05) is 0 Å². The van der Waals surface area contributed by atoms with Crippen LogP contribution in [0.2, 0.25) is 0 Å². The molecular weight excluding hydrogens is 446 g/mol. The number of anilines is 1. The molecule has 0 radical (unpaired) electrons. The summed E-state index contributed by atoms with van der Waals surface area (Å²) in [5, 5.41) is 5.52. The van der Waals surface area contributed by atoms with Gasteiger partial charge in [-0.1, -0.05) is 48.5 Å². The maximum Gasteiger partial charge on any atom is 0.416 e. The molecule has 9 heteroatoms. The minimum atomic E-state index is -4.97. The van der Waals surface area contributed by atoms with Crippen LogP contribution in [0, 0.1) is 5.92 Å². The van der Waals surface area contributed by atoms with Crippen molar-refractivity contribution in [1.29, 1.82) is 0 Å². The molecule has 4 rings (SSSR count). The predicted octanol–water partition coefficient (Wildman–Crippen LogP) is 6.33. The first-order valence-electron chi connectivity index (χ1n) is 9.85. The normalized spacial score (nSPS) is 16.8. The molecule has 33 heavy (non-hydrogen) atoms. The molecule has 1 aliphatic rings. The summed E-state index contributed by atoms with van der Waals surface area (Å²) in [5.41, 5.74) is -1.83. The average molecular weight is 462 g/mol. The summed E-state index contributed by atoms with van der Waals surface area (Å²) < 4.78 is 79.7. The van der Waals surface area contributed by atoms with Gasteiger partial charge in [0.1, 0.15) is 0 Å². The number of amides is 1. The van der Waals surface area contributed by atoms with Crippen LogP contribution in [-0.2, 0) is 23.6 Å². The third kappa shape index (κ3) is 4.76. The number of carbonyl (C=O) groups is 1. The maximum atomic E-state index is 13.3. The summed E-state index contributed by atoms with van der Waals surface area (Å²) in [6.07, 6.45) is -10.3. The molecule has 3 aromatic carbocycles. The van der Waals surface area contributed by atoms with Gasteiger partial charge in [-0.2, -0.15) is 36.5 Å². The highest BCUT2D eigenvalue weighted by molar-refractivity contribution is 6.21. The number of hydrogen-bond donors (Lipinski definition) is 0. The zero-order valence-corrected chi connectivity index (χ0v) is 16.9. The molecule has 1 atom stereocenters. The fourth-order valence-electron chi connectivity index (χ4n) is 3.67. The highest BCUT2D eigenvalue weighted by atomic mass is 19.4. The van der Waals surface area contributed by atoms with Gasteiger partial charge in [0.05, 0.1) is 28.4 Å². The number of hydrogen-bond acceptors (Lipinski definition) is 2. The Balaban J connectivity index is 1.77. The van der Waals surface area contributed by atoms with Gasteiger partial charge in [0.2, 0.25) is 0 Å². The van der Waals surface area contributed by atoms with E-state index in [1.165, 1.54) is 0 Å². The topological polar surface area (TPSA) is 32.7 Å². The minimum absolute atomic E-state index is 0.0719. The lowest BCUT2D eigenvalue weighted by molar-refractivity contribution is -0.143. The molecule has 3 nitrogen and oxygen atoms in total. The molecule has 0 saturated carbocycles. The Morgan fingerprint density at radius 2 is 1.27 bits per heavy atom. The van der Waals surface area contributed by atoms with Crippen LogP contribution in [-0.4, -0.2) is 11.6 Å². The SMILES string of the molecule is O=C1C(Cc2cc(C(F)(F)F)cc(C(F)(F)F)c2)C(c2ccccc2)=NN1c1ccccc1. The molecule has 0 spiro atoms. The summed E-state index contributed by atoms with van der Waals surface area (Å²) >= 11 is 0. The zero-order chi connectivity index (χ0) is 23.8. The number of benzene rings is 3. The van der Waals surface area contributed by atoms with Gasteiger partial charge < -0.3 is 0 Å². The zero-order valence-electron chi connectivity index (χ0n) is 16.9. The first kappa shape index (κ1) is 22.6. The van der Waals surface area contributed by atoms with Crippen LogP contribution < -0.4 is 5.01 Å². The molecule has 3 aromatic rings. The van der Waals surface area contributed by atoms with Crippen LogP contribution in [0.25, 0.3) is 0 Å². The van der Waals surface area contributed by atoms with Crippen molar-refractivity contribution in [3.8, 4) is 0 Å². The van der Waals surface area contributed by atoms with Crippen molar-refractivity contribution in [3.63, 3.8) is 0 Å². The van der Waals surface area contributed by atoms with E-state index in [9.17, 15) is 31.1 Å². The molecule has 0 fully saturated rings. The quantitative estimate of drug-likeness (QED) is 0.417. The number of halogens is 6. The van der Waals surface area contributed by atoms with Crippen LogP contribution in [0.4, 0.5) is 32.0 Å². The van der Waals surface area contributed by atoms with Gasteiger partial charge >= 0.3 is 12.4 Å². The smallest absolute Gasteiger partial charge is 0.272 e. The fourth-order valence-corrected chi connectivity index (χ4v) is 3.67. The molecule has 0 N–H and O–H groups in total. The summed E-state index contributed by atoms with van der Waals surface area (Å²) in [5.74, 6) is -1.59. The monoisotopic (exact) mass is 462 g/mol. The van der Waals surface area contributed by atoms with E-state index in [-0.39, 0.29) is 23.8 Å². The third-order valence-electron chi connectivity index (χ3n) is 5.20. The second-order valence-corrected chi connectivity index (χ2v) is 7.51. The molecule has 1 amide bonds. The van der Waals surface area contributed by atoms with Crippen LogP contribution in [0.3, 0.4) is 0 Å². The standard InChI is InChI=1S/C24H16F6N2O/c25-23(26,27)17-11-15(12-18(14-17)24(28,29)30)13-20-21(16-7-3-1-4-8-16)31-32(22(20)33)19-9-5-2-6-10-19/h1-12,14,20H,13H2. The lowest BCUT2D eigenvalue weighted by Gasteiger charge is -2.17. The van der Waals surface area contributed by atoms with Crippen LogP contribution in [0.5, 0.6) is 0 Å². The summed E-state index contributed by atoms with van der Waals surface area (Å²) in [6, 6.07) is 18.3. The van der Waals surface area contributed by atoms with Crippen molar-refractivity contribution in [2.24, 2.45) is 11.0 Å². The largest absolute Gasteiger partial charge is 0.416 e. The highest BCUT2D eigenvalue weighted by Crippen LogP contribution is 2.37. The van der Waals surface area contributed by atoms with Crippen LogP contribution in [0.1, 0.15) is 22.3 Å². The molecule has 0 aromatic heterocycles. The summed E-state index contributed by atoms with van der Waals surface area (Å²) in [6.45, 7) is 0. The molecule has 170 valence electrons. The Labute approximate surface area is 185 Å². The third-order valence-corrected chi connectivity index (χ3v) is 5.20. The van der Waals surface area contributed by atoms with E-state index in [4.69, 9.17) is 0 Å². The van der Waals surface area contributed by atoms with Crippen molar-refractivity contribution in [1.82, 2.24) is 0 Å². The van der Waals surface area contributed by atoms with Gasteiger partial charge in [-0.3, -0.25) is 4.79 Å². The first-order valence-corrected chi connectivity index (χ1v) is 9.85. The van der Waals surface area contributed by atoms with Crippen LogP contribution >= 0.6 is 0 Å². The van der Waals surface area contributed by atoms with E-state index in [2.05, 4.69) is 5.10 Å². The highest BCUT2D eigenvalue weighted by Gasteiger charge is 2.40. The van der Waals surface area contributed by atoms with Crippen molar-refractivity contribution in [3.05, 3.63) is 101 Å². The molecule has 1 aliphatic heterocycles. The van der Waals surface area contributed by atoms with E-state index in [1.54, 1.807) is 60.7 Å². The number of rotatable bonds is 4. The number of para-hydroxylation sites is 1. The fraction of sp³-hybridized carbons (Fsp3) is 0.167. The molecule has 1 heterocycles. The van der Waals surface area contributed by atoms with Crippen molar-refractivity contribution < 1.29 is 31.1 Å². The number of carbonyl (C=O) groups excluding carboxylic acids is 1. The van der Waals surface area contributed by atoms with Gasteiger partial charge in [-0.15, -0.1) is 0 Å². The molecule has 1 unspecified atom stereocenters. The van der Waals surface area contributed by atoms with E-state index in [1.807, 2.05) is 0 Å². The van der Waals surface area contributed by atoms with E-state index < -0.39 is 35.3 Å².